The SMILES string of the molecule is C=C/C(OC)=C(\C=C)N1CCN(CCCCN2C(=O)N(CCF)C3(CCCCC3)C2=O)CC1. The number of ether oxygens (including phenoxy) is 1. The largest absolute Gasteiger partial charge is 0.495 e. The second-order valence-electron chi connectivity index (χ2n) is 9.07. The number of amides is 3. The van der Waals surface area contributed by atoms with Gasteiger partial charge in [-0.25, -0.2) is 9.18 Å². The van der Waals surface area contributed by atoms with Crippen LogP contribution in [0.2, 0.25) is 0 Å². The fourth-order valence-corrected chi connectivity index (χ4v) is 5.49. The number of rotatable bonds is 11. The number of hydrogen-bond donors (Lipinski definition) is 0. The van der Waals surface area contributed by atoms with Crippen molar-refractivity contribution >= 4 is 11.9 Å². The average Bonchev–Trinajstić information content (AvgIpc) is 3.02. The van der Waals surface area contributed by atoms with E-state index in [1.165, 1.54) is 9.80 Å². The van der Waals surface area contributed by atoms with E-state index >= 15 is 0 Å². The van der Waals surface area contributed by atoms with Gasteiger partial charge in [0.15, 0.2) is 0 Å². The number of nitrogens with zero attached hydrogens (tertiary/aromatic N) is 4. The molecule has 2 saturated heterocycles. The van der Waals surface area contributed by atoms with Crippen molar-refractivity contribution in [3.05, 3.63) is 36.8 Å². The van der Waals surface area contributed by atoms with Gasteiger partial charge < -0.3 is 14.5 Å². The van der Waals surface area contributed by atoms with Crippen molar-refractivity contribution in [3.63, 3.8) is 0 Å². The van der Waals surface area contributed by atoms with Gasteiger partial charge in [0.05, 0.1) is 19.4 Å². The molecule has 3 amide bonds. The quantitative estimate of drug-likeness (QED) is 0.203. The lowest BCUT2D eigenvalue weighted by molar-refractivity contribution is -0.135. The lowest BCUT2D eigenvalue weighted by atomic mass is 9.80. The first kappa shape index (κ1) is 25.3. The predicted molar refractivity (Wildman–Crippen MR) is 127 cm³/mol. The minimum Gasteiger partial charge on any atom is -0.495 e. The van der Waals surface area contributed by atoms with Crippen LogP contribution >= 0.6 is 0 Å². The summed E-state index contributed by atoms with van der Waals surface area (Å²) < 4.78 is 18.5. The molecule has 1 spiro atoms. The summed E-state index contributed by atoms with van der Waals surface area (Å²) in [5.74, 6) is 0.630. The van der Waals surface area contributed by atoms with Gasteiger partial charge in [-0.3, -0.25) is 14.6 Å². The maximum Gasteiger partial charge on any atom is 0.327 e. The molecule has 2 heterocycles. The molecule has 1 aliphatic carbocycles. The maximum atomic E-state index is 13.2. The van der Waals surface area contributed by atoms with E-state index in [-0.39, 0.29) is 18.5 Å². The van der Waals surface area contributed by atoms with Gasteiger partial charge in [0.2, 0.25) is 0 Å². The summed E-state index contributed by atoms with van der Waals surface area (Å²) in [7, 11) is 1.64. The molecule has 0 radical (unpaired) electrons. The first-order valence-electron chi connectivity index (χ1n) is 12.2. The number of allylic oxidation sites excluding steroid dienone is 2. The molecule has 184 valence electrons. The Bertz CT molecular complexity index is 755. The van der Waals surface area contributed by atoms with Crippen molar-refractivity contribution in [1.29, 1.82) is 0 Å². The van der Waals surface area contributed by atoms with E-state index in [0.29, 0.717) is 19.4 Å². The molecule has 0 atom stereocenters. The molecule has 0 aromatic heterocycles. The van der Waals surface area contributed by atoms with E-state index in [1.807, 2.05) is 6.08 Å². The molecular formula is C25H39FN4O3. The highest BCUT2D eigenvalue weighted by molar-refractivity contribution is 6.07. The molecule has 3 aliphatic rings. The van der Waals surface area contributed by atoms with Gasteiger partial charge in [-0.1, -0.05) is 32.4 Å². The van der Waals surface area contributed by atoms with Gasteiger partial charge in [0.1, 0.15) is 18.0 Å². The summed E-state index contributed by atoms with van der Waals surface area (Å²) in [5, 5.41) is 0. The molecule has 1 saturated carbocycles. The number of halogens is 1. The number of carbonyl (C=O) groups excluding carboxylic acids is 2. The summed E-state index contributed by atoms with van der Waals surface area (Å²) >= 11 is 0. The summed E-state index contributed by atoms with van der Waals surface area (Å²) in [6.07, 6.45) is 9.43. The standard InChI is InChI=1S/C25H39FN4O3/c1-4-21(22(5-2)33-3)28-19-17-27(18-20-28)14-9-10-15-29-23(31)25(11-7-6-8-12-25)30(16-13-26)24(29)32/h4-5H,1-2,6-20H2,3H3/b22-21-. The topological polar surface area (TPSA) is 56.3 Å². The Morgan fingerprint density at radius 1 is 1.00 bits per heavy atom. The van der Waals surface area contributed by atoms with Crippen LogP contribution < -0.4 is 0 Å². The van der Waals surface area contributed by atoms with E-state index in [4.69, 9.17) is 4.74 Å². The minimum absolute atomic E-state index is 0.0170. The number of carbonyl (C=O) groups is 2. The number of piperazine rings is 1. The van der Waals surface area contributed by atoms with Crippen LogP contribution in [0.1, 0.15) is 44.9 Å². The van der Waals surface area contributed by atoms with Crippen molar-refractivity contribution in [1.82, 2.24) is 19.6 Å². The molecule has 33 heavy (non-hydrogen) atoms. The fraction of sp³-hybridized carbons (Fsp3) is 0.680. The highest BCUT2D eigenvalue weighted by atomic mass is 19.1. The normalized spacial score (nSPS) is 22.1. The summed E-state index contributed by atoms with van der Waals surface area (Å²) in [4.78, 5) is 33.7. The van der Waals surface area contributed by atoms with Crippen molar-refractivity contribution < 1.29 is 18.7 Å². The highest BCUT2D eigenvalue weighted by Crippen LogP contribution is 2.40. The van der Waals surface area contributed by atoms with Crippen molar-refractivity contribution in [3.8, 4) is 0 Å². The fourth-order valence-electron chi connectivity index (χ4n) is 5.49. The lowest BCUT2D eigenvalue weighted by Crippen LogP contribution is -2.51. The van der Waals surface area contributed by atoms with Gasteiger partial charge >= 0.3 is 6.03 Å². The Labute approximate surface area is 197 Å². The van der Waals surface area contributed by atoms with Gasteiger partial charge in [-0.2, -0.15) is 0 Å². The van der Waals surface area contributed by atoms with E-state index in [9.17, 15) is 14.0 Å². The molecule has 0 bridgehead atoms. The Morgan fingerprint density at radius 2 is 1.67 bits per heavy atom. The van der Waals surface area contributed by atoms with Crippen LogP contribution in [0.25, 0.3) is 0 Å². The van der Waals surface area contributed by atoms with Crippen molar-refractivity contribution in [2.75, 3.05) is 59.6 Å². The Balaban J connectivity index is 1.47. The number of imide groups is 1. The first-order chi connectivity index (χ1) is 16.0. The second kappa shape index (κ2) is 11.7. The Hall–Kier alpha value is -2.35. The van der Waals surface area contributed by atoms with Crippen LogP contribution in [-0.4, -0.2) is 96.7 Å². The molecular weight excluding hydrogens is 423 g/mol. The molecule has 3 rings (SSSR count). The van der Waals surface area contributed by atoms with Crippen LogP contribution in [0, 0.1) is 0 Å². The average molecular weight is 463 g/mol. The summed E-state index contributed by atoms with van der Waals surface area (Å²) in [5.41, 5.74) is 0.174. The van der Waals surface area contributed by atoms with Crippen LogP contribution in [0.15, 0.2) is 36.8 Å². The van der Waals surface area contributed by atoms with Crippen molar-refractivity contribution in [2.45, 2.75) is 50.5 Å². The number of alkyl halides is 1. The number of methoxy groups -OCH3 is 1. The van der Waals surface area contributed by atoms with Gasteiger partial charge in [0.25, 0.3) is 5.91 Å². The van der Waals surface area contributed by atoms with E-state index in [0.717, 1.165) is 76.3 Å². The third-order valence-corrected chi connectivity index (χ3v) is 7.28. The van der Waals surface area contributed by atoms with Gasteiger partial charge in [-0.15, -0.1) is 0 Å². The lowest BCUT2D eigenvalue weighted by Gasteiger charge is -2.37. The number of urea groups is 1. The van der Waals surface area contributed by atoms with Crippen LogP contribution in [0.4, 0.5) is 9.18 Å². The predicted octanol–water partition coefficient (Wildman–Crippen LogP) is 3.55. The minimum atomic E-state index is -0.791. The summed E-state index contributed by atoms with van der Waals surface area (Å²) in [6.45, 7) is 12.1. The molecule has 8 heteroatoms. The summed E-state index contributed by atoms with van der Waals surface area (Å²) in [6, 6.07) is -0.298. The van der Waals surface area contributed by atoms with Gasteiger partial charge in [-0.05, 0) is 44.4 Å². The zero-order valence-electron chi connectivity index (χ0n) is 20.1. The van der Waals surface area contributed by atoms with Crippen LogP contribution in [-0.2, 0) is 9.53 Å². The zero-order chi connectivity index (χ0) is 23.8. The Kier molecular flexibility index (Phi) is 8.95. The third-order valence-electron chi connectivity index (χ3n) is 7.28. The molecule has 7 nitrogen and oxygen atoms in total. The van der Waals surface area contributed by atoms with E-state index < -0.39 is 12.2 Å². The molecule has 0 unspecified atom stereocenters. The Morgan fingerprint density at radius 3 is 2.24 bits per heavy atom. The highest BCUT2D eigenvalue weighted by Gasteiger charge is 2.56. The first-order valence-corrected chi connectivity index (χ1v) is 12.2. The van der Waals surface area contributed by atoms with Crippen molar-refractivity contribution in [2.24, 2.45) is 0 Å². The molecule has 0 N–H and O–H groups in total. The van der Waals surface area contributed by atoms with E-state index in [2.05, 4.69) is 23.0 Å². The molecule has 2 aliphatic heterocycles. The molecule has 0 aromatic carbocycles. The molecule has 3 fully saturated rings. The van der Waals surface area contributed by atoms with Crippen LogP contribution in [0.3, 0.4) is 0 Å². The maximum absolute atomic E-state index is 13.2. The monoisotopic (exact) mass is 462 g/mol. The third kappa shape index (κ3) is 5.26. The molecule has 0 aromatic rings. The second-order valence-corrected chi connectivity index (χ2v) is 9.07. The smallest absolute Gasteiger partial charge is 0.327 e. The number of unbranched alkanes of at least 4 members (excludes halogenated alkanes) is 1. The zero-order valence-corrected chi connectivity index (χ0v) is 20.1. The van der Waals surface area contributed by atoms with E-state index in [1.54, 1.807) is 13.2 Å². The number of hydrogen-bond acceptors (Lipinski definition) is 5. The van der Waals surface area contributed by atoms with Gasteiger partial charge in [0, 0.05) is 32.7 Å². The van der Waals surface area contributed by atoms with Crippen LogP contribution in [0.5, 0.6) is 0 Å².